The second-order valence-electron chi connectivity index (χ2n) is 8.61. The summed E-state index contributed by atoms with van der Waals surface area (Å²) in [5.41, 5.74) is 2.35. The van der Waals surface area contributed by atoms with Crippen molar-refractivity contribution in [3.8, 4) is 11.5 Å². The van der Waals surface area contributed by atoms with Crippen LogP contribution in [0.1, 0.15) is 40.9 Å². The number of nitrogens with one attached hydrogen (secondary N) is 1. The third kappa shape index (κ3) is 4.76. The fourth-order valence-corrected chi connectivity index (χ4v) is 4.36. The van der Waals surface area contributed by atoms with Gasteiger partial charge in [-0.1, -0.05) is 42.5 Å². The van der Waals surface area contributed by atoms with E-state index >= 15 is 0 Å². The number of methoxy groups -OCH3 is 1. The van der Waals surface area contributed by atoms with Crippen LogP contribution in [0.3, 0.4) is 0 Å². The standard InChI is InChI=1S/C28H30N2O4/c1-4-34-23-14-12-20(13-15-23)19-30-26(31)25-11-6-5-9-22(25)17-28(30,2)27(32)29-18-21-8-7-10-24(16-21)33-3/h5-16H,4,17-19H2,1-3H3,(H,29,32). The average molecular weight is 459 g/mol. The van der Waals surface area contributed by atoms with Gasteiger partial charge in [-0.3, -0.25) is 9.59 Å². The lowest BCUT2D eigenvalue weighted by atomic mass is 9.82. The second kappa shape index (κ2) is 10.00. The summed E-state index contributed by atoms with van der Waals surface area (Å²) in [5, 5.41) is 3.05. The highest BCUT2D eigenvalue weighted by Gasteiger charge is 2.46. The summed E-state index contributed by atoms with van der Waals surface area (Å²) in [6, 6.07) is 22.8. The first kappa shape index (κ1) is 23.4. The van der Waals surface area contributed by atoms with Crippen molar-refractivity contribution in [2.75, 3.05) is 13.7 Å². The molecule has 0 saturated heterocycles. The molecule has 0 spiro atoms. The average Bonchev–Trinajstić information content (AvgIpc) is 2.86. The van der Waals surface area contributed by atoms with E-state index in [-0.39, 0.29) is 11.8 Å². The van der Waals surface area contributed by atoms with E-state index in [4.69, 9.17) is 9.47 Å². The summed E-state index contributed by atoms with van der Waals surface area (Å²) < 4.78 is 10.8. The van der Waals surface area contributed by atoms with Gasteiger partial charge in [-0.25, -0.2) is 0 Å². The maximum absolute atomic E-state index is 13.6. The van der Waals surface area contributed by atoms with Crippen LogP contribution >= 0.6 is 0 Å². The van der Waals surface area contributed by atoms with Gasteiger partial charge < -0.3 is 19.7 Å². The molecule has 0 fully saturated rings. The maximum Gasteiger partial charge on any atom is 0.255 e. The van der Waals surface area contributed by atoms with Crippen LogP contribution in [0, 0.1) is 0 Å². The zero-order chi connectivity index (χ0) is 24.1. The molecule has 1 aliphatic heterocycles. The summed E-state index contributed by atoms with van der Waals surface area (Å²) >= 11 is 0. The SMILES string of the molecule is CCOc1ccc(CN2C(=O)c3ccccc3CC2(C)C(=O)NCc2cccc(OC)c2)cc1. The number of hydrogen-bond donors (Lipinski definition) is 1. The zero-order valence-electron chi connectivity index (χ0n) is 19.8. The molecule has 0 bridgehead atoms. The molecule has 1 aliphatic rings. The molecule has 3 aromatic carbocycles. The summed E-state index contributed by atoms with van der Waals surface area (Å²) in [6.45, 7) is 5.04. The zero-order valence-corrected chi connectivity index (χ0v) is 19.8. The summed E-state index contributed by atoms with van der Waals surface area (Å²) in [4.78, 5) is 28.8. The van der Waals surface area contributed by atoms with E-state index in [1.54, 1.807) is 12.0 Å². The van der Waals surface area contributed by atoms with Gasteiger partial charge in [0.15, 0.2) is 0 Å². The first-order valence-electron chi connectivity index (χ1n) is 11.5. The van der Waals surface area contributed by atoms with Crippen LogP contribution in [0.5, 0.6) is 11.5 Å². The summed E-state index contributed by atoms with van der Waals surface area (Å²) in [6.07, 6.45) is 0.440. The molecule has 1 atom stereocenters. The third-order valence-corrected chi connectivity index (χ3v) is 6.27. The van der Waals surface area contributed by atoms with Crippen LogP contribution in [-0.4, -0.2) is 36.0 Å². The lowest BCUT2D eigenvalue weighted by molar-refractivity contribution is -0.132. The number of nitrogens with zero attached hydrogens (tertiary/aromatic N) is 1. The number of benzene rings is 3. The largest absolute Gasteiger partial charge is 0.497 e. The predicted molar refractivity (Wildman–Crippen MR) is 131 cm³/mol. The third-order valence-electron chi connectivity index (χ3n) is 6.27. The van der Waals surface area contributed by atoms with E-state index in [2.05, 4.69) is 5.32 Å². The molecule has 6 heteroatoms. The molecule has 1 N–H and O–H groups in total. The van der Waals surface area contributed by atoms with Gasteiger partial charge in [0.2, 0.25) is 5.91 Å². The minimum atomic E-state index is -1.04. The molecule has 1 heterocycles. The van der Waals surface area contributed by atoms with Gasteiger partial charge in [0.25, 0.3) is 5.91 Å². The predicted octanol–water partition coefficient (Wildman–Crippen LogP) is 4.37. The van der Waals surface area contributed by atoms with E-state index in [1.165, 1.54) is 0 Å². The normalized spacial score (nSPS) is 17.1. The van der Waals surface area contributed by atoms with Crippen LogP contribution in [0.4, 0.5) is 0 Å². The van der Waals surface area contributed by atoms with Crippen LogP contribution in [0.15, 0.2) is 72.8 Å². The Morgan fingerprint density at radius 3 is 2.50 bits per heavy atom. The van der Waals surface area contributed by atoms with E-state index in [9.17, 15) is 9.59 Å². The van der Waals surface area contributed by atoms with E-state index < -0.39 is 5.54 Å². The molecular weight excluding hydrogens is 428 g/mol. The monoisotopic (exact) mass is 458 g/mol. The van der Waals surface area contributed by atoms with Gasteiger partial charge in [-0.2, -0.15) is 0 Å². The molecule has 3 aromatic rings. The fraction of sp³-hybridized carbons (Fsp3) is 0.286. The molecule has 6 nitrogen and oxygen atoms in total. The molecule has 4 rings (SSSR count). The van der Waals surface area contributed by atoms with Crippen molar-refractivity contribution in [3.63, 3.8) is 0 Å². The van der Waals surface area contributed by atoms with Gasteiger partial charge in [0.05, 0.1) is 13.7 Å². The minimum Gasteiger partial charge on any atom is -0.497 e. The number of hydrogen-bond acceptors (Lipinski definition) is 4. The van der Waals surface area contributed by atoms with E-state index in [0.717, 1.165) is 28.2 Å². The van der Waals surface area contributed by atoms with Gasteiger partial charge in [-0.15, -0.1) is 0 Å². The smallest absolute Gasteiger partial charge is 0.255 e. The van der Waals surface area contributed by atoms with E-state index in [0.29, 0.717) is 31.7 Å². The topological polar surface area (TPSA) is 67.9 Å². The highest BCUT2D eigenvalue weighted by Crippen LogP contribution is 2.33. The molecule has 0 radical (unpaired) electrons. The fourth-order valence-electron chi connectivity index (χ4n) is 4.36. The minimum absolute atomic E-state index is 0.144. The maximum atomic E-state index is 13.6. The molecular formula is C28H30N2O4. The first-order valence-corrected chi connectivity index (χ1v) is 11.5. The molecule has 34 heavy (non-hydrogen) atoms. The Labute approximate surface area is 200 Å². The van der Waals surface area contributed by atoms with Gasteiger partial charge >= 0.3 is 0 Å². The quantitative estimate of drug-likeness (QED) is 0.544. The van der Waals surface area contributed by atoms with Crippen molar-refractivity contribution in [2.45, 2.75) is 38.9 Å². The molecule has 176 valence electrons. The number of ether oxygens (including phenoxy) is 2. The lowest BCUT2D eigenvalue weighted by Crippen LogP contribution is -2.62. The molecule has 1 unspecified atom stereocenters. The molecule has 0 aromatic heterocycles. The Kier molecular flexibility index (Phi) is 6.87. The number of fused-ring (bicyclic) bond motifs is 1. The molecule has 2 amide bonds. The summed E-state index contributed by atoms with van der Waals surface area (Å²) in [7, 11) is 1.61. The Morgan fingerprint density at radius 1 is 1.00 bits per heavy atom. The Balaban J connectivity index is 1.60. The number of rotatable bonds is 8. The highest BCUT2D eigenvalue weighted by molar-refractivity contribution is 6.02. The van der Waals surface area contributed by atoms with Crippen molar-refractivity contribution >= 4 is 11.8 Å². The Hall–Kier alpha value is -3.80. The van der Waals surface area contributed by atoms with Crippen LogP contribution in [-0.2, 0) is 24.3 Å². The number of carbonyl (C=O) groups excluding carboxylic acids is 2. The van der Waals surface area contributed by atoms with Crippen LogP contribution < -0.4 is 14.8 Å². The van der Waals surface area contributed by atoms with Crippen molar-refractivity contribution in [1.29, 1.82) is 0 Å². The van der Waals surface area contributed by atoms with Crippen molar-refractivity contribution in [2.24, 2.45) is 0 Å². The lowest BCUT2D eigenvalue weighted by Gasteiger charge is -2.44. The van der Waals surface area contributed by atoms with Crippen molar-refractivity contribution in [3.05, 3.63) is 95.1 Å². The van der Waals surface area contributed by atoms with Gasteiger partial charge in [-0.05, 0) is 60.9 Å². The first-order chi connectivity index (χ1) is 16.4. The molecule has 0 aliphatic carbocycles. The van der Waals surface area contributed by atoms with Crippen LogP contribution in [0.25, 0.3) is 0 Å². The number of carbonyl (C=O) groups is 2. The van der Waals surface area contributed by atoms with Crippen molar-refractivity contribution < 1.29 is 19.1 Å². The number of amides is 2. The van der Waals surface area contributed by atoms with Crippen LogP contribution in [0.2, 0.25) is 0 Å². The van der Waals surface area contributed by atoms with Crippen molar-refractivity contribution in [1.82, 2.24) is 10.2 Å². The molecule has 0 saturated carbocycles. The Bertz CT molecular complexity index is 1180. The van der Waals surface area contributed by atoms with E-state index in [1.807, 2.05) is 86.6 Å². The highest BCUT2D eigenvalue weighted by atomic mass is 16.5. The van der Waals surface area contributed by atoms with Gasteiger partial charge in [0, 0.05) is 25.1 Å². The summed E-state index contributed by atoms with van der Waals surface area (Å²) in [5.74, 6) is 1.18. The Morgan fingerprint density at radius 2 is 1.76 bits per heavy atom. The van der Waals surface area contributed by atoms with Gasteiger partial charge in [0.1, 0.15) is 17.0 Å². The second-order valence-corrected chi connectivity index (χ2v) is 8.61.